The molecule has 1 aromatic carbocycles. The van der Waals surface area contributed by atoms with Crippen LogP contribution in [0.5, 0.6) is 0 Å². The Kier molecular flexibility index (Phi) is 6.56. The fourth-order valence-corrected chi connectivity index (χ4v) is 1.61. The number of carbonyl (C=O) groups excluding carboxylic acids is 2. The largest absolute Gasteiger partial charge is 0.352 e. The molecular weight excluding hydrogens is 254 g/mol. The lowest BCUT2D eigenvalue weighted by Crippen LogP contribution is -2.39. The summed E-state index contributed by atoms with van der Waals surface area (Å²) in [6, 6.07) is 7.14. The second-order valence-corrected chi connectivity index (χ2v) is 4.93. The van der Waals surface area contributed by atoms with Crippen LogP contribution in [-0.4, -0.2) is 24.5 Å². The van der Waals surface area contributed by atoms with E-state index in [-0.39, 0.29) is 18.0 Å². The summed E-state index contributed by atoms with van der Waals surface area (Å²) in [5, 5.41) is 8.34. The van der Waals surface area contributed by atoms with Gasteiger partial charge in [0.05, 0.1) is 0 Å². The molecule has 0 aliphatic heterocycles. The van der Waals surface area contributed by atoms with E-state index in [1.807, 2.05) is 32.9 Å². The standard InChI is InChI=1S/C15H23N3O2/c1-4-9-16-14(19)13-7-5-12(6-8-13)10-17-15(20)18-11(2)3/h5-8,11H,4,9-10H2,1-3H3,(H,16,19)(H2,17,18,20). The first-order valence-electron chi connectivity index (χ1n) is 6.94. The van der Waals surface area contributed by atoms with Gasteiger partial charge in [-0.05, 0) is 38.0 Å². The van der Waals surface area contributed by atoms with Gasteiger partial charge in [-0.3, -0.25) is 4.79 Å². The number of carbonyl (C=O) groups is 2. The van der Waals surface area contributed by atoms with Crippen molar-refractivity contribution in [1.29, 1.82) is 0 Å². The van der Waals surface area contributed by atoms with E-state index in [1.54, 1.807) is 12.1 Å². The second kappa shape index (κ2) is 8.19. The van der Waals surface area contributed by atoms with Crippen LogP contribution in [0.25, 0.3) is 0 Å². The first-order chi connectivity index (χ1) is 9.52. The van der Waals surface area contributed by atoms with Gasteiger partial charge >= 0.3 is 6.03 Å². The zero-order valence-electron chi connectivity index (χ0n) is 12.3. The molecule has 3 amide bonds. The molecule has 20 heavy (non-hydrogen) atoms. The van der Waals surface area contributed by atoms with E-state index in [9.17, 15) is 9.59 Å². The molecule has 3 N–H and O–H groups in total. The van der Waals surface area contributed by atoms with E-state index < -0.39 is 0 Å². The third-order valence-electron chi connectivity index (χ3n) is 2.62. The molecule has 0 atom stereocenters. The summed E-state index contributed by atoms with van der Waals surface area (Å²) < 4.78 is 0. The van der Waals surface area contributed by atoms with Gasteiger partial charge in [-0.1, -0.05) is 19.1 Å². The number of rotatable bonds is 6. The molecule has 1 rings (SSSR count). The average Bonchev–Trinajstić information content (AvgIpc) is 2.42. The molecule has 0 saturated heterocycles. The molecule has 0 spiro atoms. The summed E-state index contributed by atoms with van der Waals surface area (Å²) in [5.41, 5.74) is 1.59. The van der Waals surface area contributed by atoms with E-state index >= 15 is 0 Å². The van der Waals surface area contributed by atoms with Crippen LogP contribution >= 0.6 is 0 Å². The topological polar surface area (TPSA) is 70.2 Å². The van der Waals surface area contributed by atoms with Crippen molar-refractivity contribution in [2.45, 2.75) is 39.8 Å². The van der Waals surface area contributed by atoms with Crippen molar-refractivity contribution < 1.29 is 9.59 Å². The van der Waals surface area contributed by atoms with Crippen molar-refractivity contribution in [1.82, 2.24) is 16.0 Å². The third kappa shape index (κ3) is 5.73. The molecule has 0 heterocycles. The molecule has 0 bridgehead atoms. The predicted octanol–water partition coefficient (Wildman–Crippen LogP) is 2.03. The highest BCUT2D eigenvalue weighted by molar-refractivity contribution is 5.94. The summed E-state index contributed by atoms with van der Waals surface area (Å²) in [6.07, 6.45) is 0.915. The van der Waals surface area contributed by atoms with Gasteiger partial charge in [0.2, 0.25) is 0 Å². The Balaban J connectivity index is 2.46. The molecule has 0 saturated carbocycles. The molecule has 0 unspecified atom stereocenters. The van der Waals surface area contributed by atoms with Crippen molar-refractivity contribution in [2.75, 3.05) is 6.54 Å². The van der Waals surface area contributed by atoms with Gasteiger partial charge in [0.1, 0.15) is 0 Å². The van der Waals surface area contributed by atoms with Gasteiger partial charge in [-0.15, -0.1) is 0 Å². The van der Waals surface area contributed by atoms with Crippen molar-refractivity contribution in [3.63, 3.8) is 0 Å². The number of urea groups is 1. The van der Waals surface area contributed by atoms with Crippen LogP contribution < -0.4 is 16.0 Å². The summed E-state index contributed by atoms with van der Waals surface area (Å²) in [4.78, 5) is 23.1. The van der Waals surface area contributed by atoms with E-state index in [0.29, 0.717) is 18.7 Å². The molecule has 0 aliphatic carbocycles. The van der Waals surface area contributed by atoms with E-state index in [0.717, 1.165) is 12.0 Å². The smallest absolute Gasteiger partial charge is 0.315 e. The van der Waals surface area contributed by atoms with E-state index in [1.165, 1.54) is 0 Å². The van der Waals surface area contributed by atoms with Gasteiger partial charge in [0.15, 0.2) is 0 Å². The van der Waals surface area contributed by atoms with Crippen molar-refractivity contribution in [3.05, 3.63) is 35.4 Å². The van der Waals surface area contributed by atoms with Crippen LogP contribution in [-0.2, 0) is 6.54 Å². The summed E-state index contributed by atoms with van der Waals surface area (Å²) in [6.45, 7) is 6.94. The van der Waals surface area contributed by atoms with Gasteiger partial charge in [-0.2, -0.15) is 0 Å². The quantitative estimate of drug-likeness (QED) is 0.744. The first-order valence-corrected chi connectivity index (χ1v) is 6.94. The van der Waals surface area contributed by atoms with Crippen LogP contribution in [0.15, 0.2) is 24.3 Å². The molecule has 0 aromatic heterocycles. The monoisotopic (exact) mass is 277 g/mol. The summed E-state index contributed by atoms with van der Waals surface area (Å²) in [7, 11) is 0. The Morgan fingerprint density at radius 2 is 1.75 bits per heavy atom. The molecule has 5 heteroatoms. The van der Waals surface area contributed by atoms with Crippen molar-refractivity contribution in [3.8, 4) is 0 Å². The van der Waals surface area contributed by atoms with Crippen LogP contribution in [0.1, 0.15) is 43.1 Å². The summed E-state index contributed by atoms with van der Waals surface area (Å²) in [5.74, 6) is -0.0658. The van der Waals surface area contributed by atoms with E-state index in [4.69, 9.17) is 0 Å². The Morgan fingerprint density at radius 1 is 1.10 bits per heavy atom. The van der Waals surface area contributed by atoms with Crippen molar-refractivity contribution in [2.24, 2.45) is 0 Å². The number of hydrogen-bond donors (Lipinski definition) is 3. The van der Waals surface area contributed by atoms with Gasteiger partial charge < -0.3 is 16.0 Å². The number of nitrogens with one attached hydrogen (secondary N) is 3. The van der Waals surface area contributed by atoms with Crippen molar-refractivity contribution >= 4 is 11.9 Å². The molecular formula is C15H23N3O2. The lowest BCUT2D eigenvalue weighted by Gasteiger charge is -2.10. The Morgan fingerprint density at radius 3 is 2.30 bits per heavy atom. The van der Waals surface area contributed by atoms with Crippen LogP contribution in [0.2, 0.25) is 0 Å². The van der Waals surface area contributed by atoms with E-state index in [2.05, 4.69) is 16.0 Å². The lowest BCUT2D eigenvalue weighted by atomic mass is 10.1. The fraction of sp³-hybridized carbons (Fsp3) is 0.467. The molecule has 0 fully saturated rings. The van der Waals surface area contributed by atoms with Gasteiger partial charge in [-0.25, -0.2) is 4.79 Å². The normalized spacial score (nSPS) is 10.2. The van der Waals surface area contributed by atoms with Crippen LogP contribution in [0, 0.1) is 0 Å². The zero-order valence-corrected chi connectivity index (χ0v) is 12.3. The zero-order chi connectivity index (χ0) is 15.0. The highest BCUT2D eigenvalue weighted by Gasteiger charge is 2.05. The number of hydrogen-bond acceptors (Lipinski definition) is 2. The molecule has 1 aromatic rings. The minimum atomic E-state index is -0.190. The predicted molar refractivity (Wildman–Crippen MR) is 79.6 cm³/mol. The number of benzene rings is 1. The Labute approximate surface area is 120 Å². The van der Waals surface area contributed by atoms with Crippen LogP contribution in [0.3, 0.4) is 0 Å². The second-order valence-electron chi connectivity index (χ2n) is 4.93. The maximum Gasteiger partial charge on any atom is 0.315 e. The lowest BCUT2D eigenvalue weighted by molar-refractivity contribution is 0.0953. The van der Waals surface area contributed by atoms with Gasteiger partial charge in [0.25, 0.3) is 5.91 Å². The molecule has 110 valence electrons. The average molecular weight is 277 g/mol. The first kappa shape index (κ1) is 16.0. The highest BCUT2D eigenvalue weighted by Crippen LogP contribution is 2.04. The third-order valence-corrected chi connectivity index (χ3v) is 2.62. The molecule has 5 nitrogen and oxygen atoms in total. The highest BCUT2D eigenvalue weighted by atomic mass is 16.2. The Hall–Kier alpha value is -2.04. The fourth-order valence-electron chi connectivity index (χ4n) is 1.61. The SMILES string of the molecule is CCCNC(=O)c1ccc(CNC(=O)NC(C)C)cc1. The summed E-state index contributed by atoms with van der Waals surface area (Å²) >= 11 is 0. The Bertz CT molecular complexity index is 441. The van der Waals surface area contributed by atoms with Crippen LogP contribution in [0.4, 0.5) is 4.79 Å². The maximum absolute atomic E-state index is 11.7. The van der Waals surface area contributed by atoms with Gasteiger partial charge in [0, 0.05) is 24.7 Å². The molecule has 0 radical (unpaired) electrons. The number of amides is 3. The minimum Gasteiger partial charge on any atom is -0.352 e. The molecule has 0 aliphatic rings. The minimum absolute atomic E-state index is 0.0658. The maximum atomic E-state index is 11.7.